The van der Waals surface area contributed by atoms with E-state index in [0.29, 0.717) is 36.2 Å². The molecular formula is C21H23N3O3S. The monoisotopic (exact) mass is 397 g/mol. The van der Waals surface area contributed by atoms with Gasteiger partial charge in [0.1, 0.15) is 0 Å². The average molecular weight is 398 g/mol. The molecule has 3 aromatic rings. The summed E-state index contributed by atoms with van der Waals surface area (Å²) in [6.45, 7) is 4.64. The van der Waals surface area contributed by atoms with Gasteiger partial charge in [-0.05, 0) is 50.5 Å². The first-order valence-corrected chi connectivity index (χ1v) is 10.9. The Morgan fingerprint density at radius 1 is 1.00 bits per heavy atom. The zero-order valence-corrected chi connectivity index (χ0v) is 16.8. The highest BCUT2D eigenvalue weighted by Gasteiger charge is 2.30. The summed E-state index contributed by atoms with van der Waals surface area (Å²) >= 11 is 0. The van der Waals surface area contributed by atoms with Crippen LogP contribution in [0.1, 0.15) is 30.0 Å². The SMILES string of the molecule is Cc1ccc(S(=O)(=O)N2CCC(n3cnc4c(C)cccc4c3=O)CC2)cc1. The van der Waals surface area contributed by atoms with Crippen molar-refractivity contribution in [2.24, 2.45) is 0 Å². The normalized spacial score (nSPS) is 16.5. The van der Waals surface area contributed by atoms with Crippen molar-refractivity contribution >= 4 is 20.9 Å². The second-order valence-corrected chi connectivity index (χ2v) is 9.31. The number of rotatable bonds is 3. The number of benzene rings is 2. The Hall–Kier alpha value is -2.51. The first-order valence-electron chi connectivity index (χ1n) is 9.41. The van der Waals surface area contributed by atoms with Crippen LogP contribution in [0.5, 0.6) is 0 Å². The van der Waals surface area contributed by atoms with Gasteiger partial charge < -0.3 is 0 Å². The van der Waals surface area contributed by atoms with Crippen LogP contribution >= 0.6 is 0 Å². The van der Waals surface area contributed by atoms with Crippen molar-refractivity contribution < 1.29 is 8.42 Å². The molecule has 0 unspecified atom stereocenters. The lowest BCUT2D eigenvalue weighted by Crippen LogP contribution is -2.40. The van der Waals surface area contributed by atoms with Crippen LogP contribution in [0.25, 0.3) is 10.9 Å². The van der Waals surface area contributed by atoms with Gasteiger partial charge in [0, 0.05) is 19.1 Å². The summed E-state index contributed by atoms with van der Waals surface area (Å²) in [4.78, 5) is 17.7. The lowest BCUT2D eigenvalue weighted by atomic mass is 10.1. The first kappa shape index (κ1) is 18.8. The van der Waals surface area contributed by atoms with Crippen molar-refractivity contribution in [1.29, 1.82) is 0 Å². The second-order valence-electron chi connectivity index (χ2n) is 7.38. The molecule has 0 saturated carbocycles. The number of nitrogens with zero attached hydrogens (tertiary/aromatic N) is 3. The molecule has 0 radical (unpaired) electrons. The Bertz CT molecular complexity index is 1180. The summed E-state index contributed by atoms with van der Waals surface area (Å²) < 4.78 is 28.9. The molecule has 0 aliphatic carbocycles. The molecule has 0 bridgehead atoms. The van der Waals surface area contributed by atoms with Gasteiger partial charge in [0.25, 0.3) is 5.56 Å². The Balaban J connectivity index is 1.56. The summed E-state index contributed by atoms with van der Waals surface area (Å²) in [7, 11) is -3.50. The molecular weight excluding hydrogens is 374 g/mol. The number of fused-ring (bicyclic) bond motifs is 1. The highest BCUT2D eigenvalue weighted by Crippen LogP contribution is 2.26. The summed E-state index contributed by atoms with van der Waals surface area (Å²) in [5, 5.41) is 0.609. The van der Waals surface area contributed by atoms with Crippen LogP contribution in [-0.4, -0.2) is 35.4 Å². The molecule has 1 aliphatic heterocycles. The van der Waals surface area contributed by atoms with Crippen LogP contribution in [0, 0.1) is 13.8 Å². The fraction of sp³-hybridized carbons (Fsp3) is 0.333. The largest absolute Gasteiger partial charge is 0.296 e. The number of hydrogen-bond acceptors (Lipinski definition) is 4. The number of aromatic nitrogens is 2. The molecule has 4 rings (SSSR count). The summed E-state index contributed by atoms with van der Waals surface area (Å²) in [5.41, 5.74) is 2.66. The molecule has 7 heteroatoms. The lowest BCUT2D eigenvalue weighted by Gasteiger charge is -2.32. The molecule has 2 aromatic carbocycles. The Morgan fingerprint density at radius 2 is 1.68 bits per heavy atom. The average Bonchev–Trinajstić information content (AvgIpc) is 2.69. The van der Waals surface area contributed by atoms with Crippen LogP contribution in [0.3, 0.4) is 0 Å². The maximum absolute atomic E-state index is 12.9. The molecule has 1 saturated heterocycles. The van der Waals surface area contributed by atoms with Gasteiger partial charge in [0.2, 0.25) is 10.0 Å². The van der Waals surface area contributed by atoms with Crippen molar-refractivity contribution in [2.45, 2.75) is 37.6 Å². The van der Waals surface area contributed by atoms with Crippen molar-refractivity contribution in [1.82, 2.24) is 13.9 Å². The topological polar surface area (TPSA) is 72.3 Å². The maximum atomic E-state index is 12.9. The zero-order valence-electron chi connectivity index (χ0n) is 16.0. The van der Waals surface area contributed by atoms with Crippen molar-refractivity contribution in [3.05, 3.63) is 70.3 Å². The molecule has 146 valence electrons. The number of hydrogen-bond donors (Lipinski definition) is 0. The van der Waals surface area contributed by atoms with Crippen molar-refractivity contribution in [3.63, 3.8) is 0 Å². The number of piperidine rings is 1. The van der Waals surface area contributed by atoms with Gasteiger partial charge in [-0.1, -0.05) is 29.8 Å². The van der Waals surface area contributed by atoms with E-state index >= 15 is 0 Å². The molecule has 0 spiro atoms. The molecule has 0 N–H and O–H groups in total. The van der Waals surface area contributed by atoms with Gasteiger partial charge in [0.05, 0.1) is 22.1 Å². The molecule has 1 fully saturated rings. The van der Waals surface area contributed by atoms with E-state index in [2.05, 4.69) is 4.98 Å². The van der Waals surface area contributed by atoms with Gasteiger partial charge in [0.15, 0.2) is 0 Å². The van der Waals surface area contributed by atoms with Crippen LogP contribution in [0.2, 0.25) is 0 Å². The quantitative estimate of drug-likeness (QED) is 0.681. The minimum Gasteiger partial charge on any atom is -0.296 e. The van der Waals surface area contributed by atoms with E-state index in [1.807, 2.05) is 38.1 Å². The molecule has 0 atom stereocenters. The number of aryl methyl sites for hydroxylation is 2. The fourth-order valence-corrected chi connectivity index (χ4v) is 5.26. The smallest absolute Gasteiger partial charge is 0.261 e. The molecule has 2 heterocycles. The van der Waals surface area contributed by atoms with Gasteiger partial charge in [-0.2, -0.15) is 4.31 Å². The van der Waals surface area contributed by atoms with Gasteiger partial charge in [-0.25, -0.2) is 13.4 Å². The first-order chi connectivity index (χ1) is 13.4. The second kappa shape index (κ2) is 7.14. The van der Waals surface area contributed by atoms with E-state index in [-0.39, 0.29) is 11.6 Å². The van der Waals surface area contributed by atoms with E-state index < -0.39 is 10.0 Å². The Morgan fingerprint density at radius 3 is 2.36 bits per heavy atom. The molecule has 28 heavy (non-hydrogen) atoms. The standard InChI is InChI=1S/C21H23N3O3S/c1-15-6-8-18(9-7-15)28(26,27)23-12-10-17(11-13-23)24-14-22-20-16(2)4-3-5-19(20)21(24)25/h3-9,14,17H,10-13H2,1-2H3. The number of para-hydroxylation sites is 1. The summed E-state index contributed by atoms with van der Waals surface area (Å²) in [6.07, 6.45) is 2.78. The summed E-state index contributed by atoms with van der Waals surface area (Å²) in [6, 6.07) is 12.5. The fourth-order valence-electron chi connectivity index (χ4n) is 3.79. The zero-order chi connectivity index (χ0) is 19.9. The van der Waals surface area contributed by atoms with Crippen LogP contribution < -0.4 is 5.56 Å². The Kier molecular flexibility index (Phi) is 4.81. The summed E-state index contributed by atoms with van der Waals surface area (Å²) in [5.74, 6) is 0. The van der Waals surface area contributed by atoms with Crippen LogP contribution in [-0.2, 0) is 10.0 Å². The number of sulfonamides is 1. The van der Waals surface area contributed by atoms with E-state index in [9.17, 15) is 13.2 Å². The third-order valence-electron chi connectivity index (χ3n) is 5.49. The van der Waals surface area contributed by atoms with E-state index in [0.717, 1.165) is 16.6 Å². The third kappa shape index (κ3) is 3.25. The molecule has 1 aliphatic rings. The Labute approximate surface area is 164 Å². The molecule has 1 aromatic heterocycles. The highest BCUT2D eigenvalue weighted by molar-refractivity contribution is 7.89. The van der Waals surface area contributed by atoms with E-state index in [1.54, 1.807) is 29.1 Å². The highest BCUT2D eigenvalue weighted by atomic mass is 32.2. The molecule has 6 nitrogen and oxygen atoms in total. The predicted octanol–water partition coefficient (Wildman–Crippen LogP) is 3.04. The maximum Gasteiger partial charge on any atom is 0.261 e. The van der Waals surface area contributed by atoms with Crippen LogP contribution in [0.15, 0.2) is 58.5 Å². The van der Waals surface area contributed by atoms with Gasteiger partial charge >= 0.3 is 0 Å². The van der Waals surface area contributed by atoms with Crippen LogP contribution in [0.4, 0.5) is 0 Å². The minimum atomic E-state index is -3.50. The predicted molar refractivity (Wildman–Crippen MR) is 109 cm³/mol. The van der Waals surface area contributed by atoms with E-state index in [4.69, 9.17) is 0 Å². The molecule has 0 amide bonds. The van der Waals surface area contributed by atoms with Crippen molar-refractivity contribution in [2.75, 3.05) is 13.1 Å². The van der Waals surface area contributed by atoms with Crippen molar-refractivity contribution in [3.8, 4) is 0 Å². The minimum absolute atomic E-state index is 0.0469. The van der Waals surface area contributed by atoms with Gasteiger partial charge in [-0.15, -0.1) is 0 Å². The third-order valence-corrected chi connectivity index (χ3v) is 7.40. The van der Waals surface area contributed by atoms with Gasteiger partial charge in [-0.3, -0.25) is 9.36 Å². The lowest BCUT2D eigenvalue weighted by molar-refractivity contribution is 0.269. The van der Waals surface area contributed by atoms with E-state index in [1.165, 1.54) is 4.31 Å².